The first-order valence-electron chi connectivity index (χ1n) is 3.54. The smallest absolute Gasteiger partial charge is 0.177 e. The number of hydrogen-bond donors (Lipinski definition) is 1. The molecule has 0 aromatic carbocycles. The molecule has 68 valence electrons. The lowest BCUT2D eigenvalue weighted by Crippen LogP contribution is -1.67. The second-order valence-electron chi connectivity index (χ2n) is 2.41. The van der Waals surface area contributed by atoms with Crippen molar-refractivity contribution in [3.8, 4) is 10.4 Å². The summed E-state index contributed by atoms with van der Waals surface area (Å²) in [5.41, 5.74) is 0.910. The van der Waals surface area contributed by atoms with Gasteiger partial charge in [-0.2, -0.15) is 0 Å². The van der Waals surface area contributed by atoms with Gasteiger partial charge in [0.2, 0.25) is 0 Å². The van der Waals surface area contributed by atoms with E-state index in [2.05, 4.69) is 0 Å². The van der Waals surface area contributed by atoms with E-state index in [1.807, 2.05) is 0 Å². The third-order valence-corrected chi connectivity index (χ3v) is 3.74. The van der Waals surface area contributed by atoms with Gasteiger partial charge in [-0.1, -0.05) is 0 Å². The summed E-state index contributed by atoms with van der Waals surface area (Å²) in [6.07, 6.45) is 3.15. The monoisotopic (exact) mass is 214 g/mol. The van der Waals surface area contributed by atoms with Gasteiger partial charge in [0, 0.05) is 10.4 Å². The normalized spacial score (nSPS) is 10.8. The molecule has 0 aliphatic carbocycles. The van der Waals surface area contributed by atoms with E-state index < -0.39 is 10.7 Å². The summed E-state index contributed by atoms with van der Waals surface area (Å²) in [6, 6.07) is 5.17. The first-order chi connectivity index (χ1) is 6.27. The van der Waals surface area contributed by atoms with E-state index in [1.54, 1.807) is 30.7 Å². The van der Waals surface area contributed by atoms with E-state index in [1.165, 1.54) is 11.3 Å². The Morgan fingerprint density at radius 1 is 1.23 bits per heavy atom. The van der Waals surface area contributed by atoms with E-state index in [0.29, 0.717) is 4.21 Å². The van der Waals surface area contributed by atoms with Crippen LogP contribution < -0.4 is 0 Å². The molecule has 0 N–H and O–H groups in total. The summed E-state index contributed by atoms with van der Waals surface area (Å²) in [5, 5.41) is 0. The zero-order chi connectivity index (χ0) is 9.26. The second kappa shape index (κ2) is 3.35. The minimum Gasteiger partial charge on any atom is -0.472 e. The van der Waals surface area contributed by atoms with Crippen molar-refractivity contribution in [2.45, 2.75) is 4.21 Å². The van der Waals surface area contributed by atoms with Gasteiger partial charge in [-0.3, -0.25) is 0 Å². The van der Waals surface area contributed by atoms with Crippen molar-refractivity contribution < 1.29 is 12.8 Å². The molecule has 0 saturated carbocycles. The Morgan fingerprint density at radius 2 is 2.08 bits per heavy atom. The van der Waals surface area contributed by atoms with Crippen LogP contribution in [0.5, 0.6) is 0 Å². The third kappa shape index (κ3) is 1.66. The van der Waals surface area contributed by atoms with E-state index in [0.717, 1.165) is 10.4 Å². The van der Waals surface area contributed by atoms with Crippen molar-refractivity contribution in [1.82, 2.24) is 0 Å². The SMILES string of the molecule is O=[SH](=O)c1ccc(-c2ccoc2)s1. The van der Waals surface area contributed by atoms with Crippen LogP contribution in [-0.2, 0) is 10.7 Å². The number of thiophene rings is 1. The van der Waals surface area contributed by atoms with Crippen LogP contribution in [0.1, 0.15) is 0 Å². The molecule has 0 aliphatic rings. The van der Waals surface area contributed by atoms with Crippen molar-refractivity contribution in [3.05, 3.63) is 30.7 Å². The van der Waals surface area contributed by atoms with Crippen LogP contribution in [-0.4, -0.2) is 8.42 Å². The molecule has 0 spiro atoms. The van der Waals surface area contributed by atoms with Crippen LogP contribution in [0.15, 0.2) is 39.4 Å². The minimum atomic E-state index is -2.46. The molecule has 3 nitrogen and oxygen atoms in total. The van der Waals surface area contributed by atoms with Gasteiger partial charge in [0.05, 0.1) is 12.5 Å². The molecule has 0 aliphatic heterocycles. The van der Waals surface area contributed by atoms with Crippen molar-refractivity contribution in [3.63, 3.8) is 0 Å². The molecule has 13 heavy (non-hydrogen) atoms. The molecule has 0 saturated heterocycles. The highest BCUT2D eigenvalue weighted by Gasteiger charge is 2.04. The molecule has 0 unspecified atom stereocenters. The summed E-state index contributed by atoms with van der Waals surface area (Å²) < 4.78 is 26.5. The molecular weight excluding hydrogens is 208 g/mol. The maximum absolute atomic E-state index is 10.6. The molecule has 2 aromatic heterocycles. The average Bonchev–Trinajstić information content (AvgIpc) is 2.75. The van der Waals surface area contributed by atoms with Crippen LogP contribution in [0, 0.1) is 0 Å². The molecule has 0 radical (unpaired) electrons. The molecule has 0 bridgehead atoms. The lowest BCUT2D eigenvalue weighted by molar-refractivity contribution is 0.568. The zero-order valence-electron chi connectivity index (χ0n) is 6.47. The summed E-state index contributed by atoms with van der Waals surface area (Å²) in [6.45, 7) is 0. The summed E-state index contributed by atoms with van der Waals surface area (Å²) >= 11 is 1.24. The molecule has 2 aromatic rings. The van der Waals surface area contributed by atoms with Crippen LogP contribution in [0.2, 0.25) is 0 Å². The Kier molecular flexibility index (Phi) is 2.20. The number of rotatable bonds is 2. The van der Waals surface area contributed by atoms with Gasteiger partial charge >= 0.3 is 0 Å². The summed E-state index contributed by atoms with van der Waals surface area (Å²) in [7, 11) is -2.46. The lowest BCUT2D eigenvalue weighted by atomic mass is 10.3. The highest BCUT2D eigenvalue weighted by Crippen LogP contribution is 2.28. The number of hydrogen-bond acceptors (Lipinski definition) is 4. The Bertz CT molecular complexity index is 457. The Balaban J connectivity index is 2.44. The Hall–Kier alpha value is -1.07. The maximum Gasteiger partial charge on any atom is 0.177 e. The lowest BCUT2D eigenvalue weighted by Gasteiger charge is -1.85. The Morgan fingerprint density at radius 3 is 2.62 bits per heavy atom. The van der Waals surface area contributed by atoms with Gasteiger partial charge in [0.25, 0.3) is 0 Å². The van der Waals surface area contributed by atoms with Crippen molar-refractivity contribution in [1.29, 1.82) is 0 Å². The minimum absolute atomic E-state index is 0.381. The van der Waals surface area contributed by atoms with Crippen molar-refractivity contribution >= 4 is 22.0 Å². The van der Waals surface area contributed by atoms with Gasteiger partial charge in [-0.25, -0.2) is 8.42 Å². The van der Waals surface area contributed by atoms with Crippen molar-refractivity contribution in [2.75, 3.05) is 0 Å². The molecule has 0 amide bonds. The van der Waals surface area contributed by atoms with E-state index in [4.69, 9.17) is 4.42 Å². The fourth-order valence-electron chi connectivity index (χ4n) is 0.986. The van der Waals surface area contributed by atoms with Crippen LogP contribution in [0.4, 0.5) is 0 Å². The van der Waals surface area contributed by atoms with Crippen LogP contribution >= 0.6 is 11.3 Å². The molecule has 2 rings (SSSR count). The molecule has 5 heteroatoms. The van der Waals surface area contributed by atoms with Gasteiger partial charge in [0.15, 0.2) is 10.7 Å². The number of furan rings is 1. The van der Waals surface area contributed by atoms with Crippen LogP contribution in [0.3, 0.4) is 0 Å². The largest absolute Gasteiger partial charge is 0.472 e. The van der Waals surface area contributed by atoms with E-state index >= 15 is 0 Å². The third-order valence-electron chi connectivity index (χ3n) is 1.58. The van der Waals surface area contributed by atoms with Gasteiger partial charge < -0.3 is 4.42 Å². The topological polar surface area (TPSA) is 47.3 Å². The highest BCUT2D eigenvalue weighted by molar-refractivity contribution is 7.75. The molecule has 0 atom stereocenters. The average molecular weight is 214 g/mol. The predicted molar refractivity (Wildman–Crippen MR) is 50.6 cm³/mol. The number of thiol groups is 1. The Labute approximate surface area is 80.6 Å². The van der Waals surface area contributed by atoms with Crippen molar-refractivity contribution in [2.24, 2.45) is 0 Å². The molecular formula is C8H6O3S2. The second-order valence-corrected chi connectivity index (χ2v) is 4.79. The predicted octanol–water partition coefficient (Wildman–Crippen LogP) is 1.98. The van der Waals surface area contributed by atoms with E-state index in [9.17, 15) is 8.42 Å². The van der Waals surface area contributed by atoms with Gasteiger partial charge in [-0.15, -0.1) is 11.3 Å². The van der Waals surface area contributed by atoms with Gasteiger partial charge in [-0.05, 0) is 18.2 Å². The van der Waals surface area contributed by atoms with Gasteiger partial charge in [0.1, 0.15) is 4.21 Å². The summed E-state index contributed by atoms with van der Waals surface area (Å²) in [5.74, 6) is 0. The quantitative estimate of drug-likeness (QED) is 0.777. The first kappa shape index (κ1) is 8.52. The molecule has 0 fully saturated rings. The van der Waals surface area contributed by atoms with Crippen LogP contribution in [0.25, 0.3) is 10.4 Å². The van der Waals surface area contributed by atoms with E-state index in [-0.39, 0.29) is 0 Å². The standard InChI is InChI=1S/C8H6O3S2/c9-13(10)8-2-1-7(12-8)6-3-4-11-5-6/h1-5,13H. The zero-order valence-corrected chi connectivity index (χ0v) is 8.18. The molecule has 2 heterocycles. The fourth-order valence-corrected chi connectivity index (χ4v) is 2.51. The first-order valence-corrected chi connectivity index (χ1v) is 5.53. The summed E-state index contributed by atoms with van der Waals surface area (Å²) in [4.78, 5) is 0.906. The fraction of sp³-hybridized carbons (Fsp3) is 0. The highest BCUT2D eigenvalue weighted by atomic mass is 32.2. The maximum atomic E-state index is 10.6.